The fourth-order valence-corrected chi connectivity index (χ4v) is 5.72. The summed E-state index contributed by atoms with van der Waals surface area (Å²) in [6, 6.07) is 5.02. The van der Waals surface area contributed by atoms with E-state index in [1.165, 1.54) is 0 Å². The van der Waals surface area contributed by atoms with Gasteiger partial charge in [-0.3, -0.25) is 4.72 Å². The maximum atomic E-state index is 11.8. The average Bonchev–Trinajstić information content (AvgIpc) is 3.12. The number of amidine groups is 1. The maximum absolute atomic E-state index is 11.8. The van der Waals surface area contributed by atoms with E-state index in [4.69, 9.17) is 29.4 Å². The summed E-state index contributed by atoms with van der Waals surface area (Å²) in [7, 11) is -3.86. The van der Waals surface area contributed by atoms with Gasteiger partial charge in [0.05, 0.1) is 23.0 Å². The van der Waals surface area contributed by atoms with Crippen molar-refractivity contribution in [1.82, 2.24) is 0 Å². The SMILES string of the molecule is CC1(C)C[C@H]2C(COc3cccc4c3C(N)=NS(=O)(=O)N4)O[C@@H]3OC(C)(C)O[C@H]3C2O1. The van der Waals surface area contributed by atoms with E-state index < -0.39 is 22.3 Å². The fourth-order valence-electron chi connectivity index (χ4n) is 4.87. The zero-order valence-corrected chi connectivity index (χ0v) is 18.6. The van der Waals surface area contributed by atoms with Crippen molar-refractivity contribution in [3.05, 3.63) is 23.8 Å². The zero-order valence-electron chi connectivity index (χ0n) is 17.8. The molecule has 3 saturated heterocycles. The molecule has 5 atom stereocenters. The quantitative estimate of drug-likeness (QED) is 0.704. The molecule has 0 bridgehead atoms. The predicted octanol–water partition coefficient (Wildman–Crippen LogP) is 1.50. The second kappa shape index (κ2) is 6.79. The number of hydrogen-bond donors (Lipinski definition) is 2. The van der Waals surface area contributed by atoms with E-state index in [0.29, 0.717) is 17.0 Å². The summed E-state index contributed by atoms with van der Waals surface area (Å²) in [5.74, 6) is -0.401. The van der Waals surface area contributed by atoms with E-state index in [-0.39, 0.29) is 42.3 Å². The van der Waals surface area contributed by atoms with Gasteiger partial charge in [-0.25, -0.2) is 0 Å². The number of nitrogens with zero attached hydrogens (tertiary/aromatic N) is 1. The molecule has 0 radical (unpaired) electrons. The Morgan fingerprint density at radius 1 is 1.19 bits per heavy atom. The summed E-state index contributed by atoms with van der Waals surface area (Å²) in [6.45, 7) is 8.03. The Bertz CT molecular complexity index is 1040. The first-order valence-corrected chi connectivity index (χ1v) is 11.7. The van der Waals surface area contributed by atoms with E-state index in [9.17, 15) is 8.42 Å². The van der Waals surface area contributed by atoms with E-state index >= 15 is 0 Å². The average molecular weight is 454 g/mol. The fraction of sp³-hybridized carbons (Fsp3) is 0.650. The van der Waals surface area contributed by atoms with Crippen molar-refractivity contribution in [3.8, 4) is 5.75 Å². The minimum Gasteiger partial charge on any atom is -0.490 e. The molecule has 31 heavy (non-hydrogen) atoms. The molecule has 0 saturated carbocycles. The smallest absolute Gasteiger partial charge is 0.344 e. The molecule has 10 nitrogen and oxygen atoms in total. The lowest BCUT2D eigenvalue weighted by Crippen LogP contribution is -2.53. The molecule has 2 unspecified atom stereocenters. The molecule has 0 aliphatic carbocycles. The number of nitrogens with two attached hydrogens (primary N) is 1. The second-order valence-electron chi connectivity index (χ2n) is 9.40. The molecule has 11 heteroatoms. The molecule has 170 valence electrons. The summed E-state index contributed by atoms with van der Waals surface area (Å²) in [6.07, 6.45) is -0.553. The van der Waals surface area contributed by atoms with Crippen LogP contribution < -0.4 is 15.2 Å². The number of benzene rings is 1. The Hall–Kier alpha value is -1.92. The van der Waals surface area contributed by atoms with Crippen LogP contribution in [0.2, 0.25) is 0 Å². The molecule has 3 fully saturated rings. The molecule has 5 rings (SSSR count). The molecule has 1 aromatic rings. The third-order valence-corrected chi connectivity index (χ3v) is 6.86. The van der Waals surface area contributed by atoms with Crippen molar-refractivity contribution >= 4 is 21.7 Å². The van der Waals surface area contributed by atoms with Crippen molar-refractivity contribution < 1.29 is 32.1 Å². The van der Waals surface area contributed by atoms with Gasteiger partial charge in [0.25, 0.3) is 0 Å². The molecular weight excluding hydrogens is 426 g/mol. The van der Waals surface area contributed by atoms with Gasteiger partial charge < -0.3 is 29.4 Å². The molecule has 0 amide bonds. The van der Waals surface area contributed by atoms with Crippen LogP contribution in [0.15, 0.2) is 22.6 Å². The van der Waals surface area contributed by atoms with Crippen LogP contribution >= 0.6 is 0 Å². The van der Waals surface area contributed by atoms with Crippen LogP contribution in [-0.4, -0.2) is 56.9 Å². The Kier molecular flexibility index (Phi) is 4.59. The molecule has 0 spiro atoms. The third-order valence-electron chi connectivity index (χ3n) is 5.95. The highest BCUT2D eigenvalue weighted by Gasteiger charge is 2.59. The van der Waals surface area contributed by atoms with E-state index in [2.05, 4.69) is 23.0 Å². The highest BCUT2D eigenvalue weighted by atomic mass is 32.2. The molecule has 1 aromatic carbocycles. The molecule has 4 aliphatic rings. The topological polar surface area (TPSA) is 131 Å². The van der Waals surface area contributed by atoms with Crippen LogP contribution in [-0.2, 0) is 29.2 Å². The standard InChI is InChI=1S/C20H27N3O7S/c1-19(2)8-10-13(27-18-16(15(10)28-19)29-20(3,4)30-18)9-26-12-7-5-6-11-14(12)17(21)23-31(24,25)22-11/h5-7,10,13,15-16,18,22H,8-9H2,1-4H3,(H2,21,23)/t10-,13?,15?,16-,18+/m0/s1. The number of fused-ring (bicyclic) bond motifs is 4. The van der Waals surface area contributed by atoms with Crippen molar-refractivity contribution in [3.63, 3.8) is 0 Å². The highest BCUT2D eigenvalue weighted by Crippen LogP contribution is 2.48. The van der Waals surface area contributed by atoms with Crippen LogP contribution in [0.1, 0.15) is 39.7 Å². The Morgan fingerprint density at radius 2 is 1.97 bits per heavy atom. The lowest BCUT2D eigenvalue weighted by atomic mass is 9.85. The molecule has 3 N–H and O–H groups in total. The van der Waals surface area contributed by atoms with Gasteiger partial charge in [-0.15, -0.1) is 4.40 Å². The van der Waals surface area contributed by atoms with Crippen molar-refractivity contribution in [2.45, 2.75) is 70.1 Å². The minimum absolute atomic E-state index is 0.0535. The largest absolute Gasteiger partial charge is 0.490 e. The second-order valence-corrected chi connectivity index (χ2v) is 10.7. The Labute approximate surface area is 181 Å². The maximum Gasteiger partial charge on any atom is 0.344 e. The first-order chi connectivity index (χ1) is 14.4. The van der Waals surface area contributed by atoms with E-state index in [1.807, 2.05) is 13.8 Å². The minimum atomic E-state index is -3.86. The Balaban J connectivity index is 1.39. The first kappa shape index (κ1) is 21.0. The van der Waals surface area contributed by atoms with Crippen LogP contribution in [0.4, 0.5) is 5.69 Å². The summed E-state index contributed by atoms with van der Waals surface area (Å²) in [4.78, 5) is 0. The summed E-state index contributed by atoms with van der Waals surface area (Å²) in [5.41, 5.74) is 6.33. The van der Waals surface area contributed by atoms with Crippen LogP contribution in [0.25, 0.3) is 0 Å². The van der Waals surface area contributed by atoms with Gasteiger partial charge in [0.2, 0.25) is 0 Å². The van der Waals surface area contributed by atoms with Crippen LogP contribution in [0.3, 0.4) is 0 Å². The van der Waals surface area contributed by atoms with Crippen LogP contribution in [0, 0.1) is 5.92 Å². The lowest BCUT2D eigenvalue weighted by Gasteiger charge is -2.38. The summed E-state index contributed by atoms with van der Waals surface area (Å²) in [5, 5.41) is 0. The van der Waals surface area contributed by atoms with Gasteiger partial charge in [-0.2, -0.15) is 8.42 Å². The van der Waals surface area contributed by atoms with Crippen LogP contribution in [0.5, 0.6) is 5.75 Å². The number of nitrogens with one attached hydrogen (secondary N) is 1. The van der Waals surface area contributed by atoms with Crippen molar-refractivity contribution in [2.24, 2.45) is 16.0 Å². The van der Waals surface area contributed by atoms with E-state index in [1.54, 1.807) is 18.2 Å². The predicted molar refractivity (Wildman–Crippen MR) is 111 cm³/mol. The van der Waals surface area contributed by atoms with Gasteiger partial charge in [-0.1, -0.05) is 6.07 Å². The summed E-state index contributed by atoms with van der Waals surface area (Å²) < 4.78 is 60.2. The summed E-state index contributed by atoms with van der Waals surface area (Å²) >= 11 is 0. The van der Waals surface area contributed by atoms with E-state index in [0.717, 1.165) is 6.42 Å². The first-order valence-electron chi connectivity index (χ1n) is 10.3. The molecule has 4 heterocycles. The van der Waals surface area contributed by atoms with Gasteiger partial charge in [0.15, 0.2) is 17.9 Å². The van der Waals surface area contributed by atoms with Gasteiger partial charge in [0.1, 0.15) is 24.6 Å². The number of rotatable bonds is 3. The Morgan fingerprint density at radius 3 is 2.74 bits per heavy atom. The van der Waals surface area contributed by atoms with Crippen molar-refractivity contribution in [1.29, 1.82) is 0 Å². The normalized spacial score (nSPS) is 36.5. The number of ether oxygens (including phenoxy) is 5. The molecule has 4 aliphatic heterocycles. The van der Waals surface area contributed by atoms with Gasteiger partial charge in [0, 0.05) is 5.92 Å². The van der Waals surface area contributed by atoms with Crippen molar-refractivity contribution in [2.75, 3.05) is 11.3 Å². The molecule has 0 aromatic heterocycles. The van der Waals surface area contributed by atoms with Gasteiger partial charge in [-0.05, 0) is 46.2 Å². The monoisotopic (exact) mass is 453 g/mol. The lowest BCUT2D eigenvalue weighted by molar-refractivity contribution is -0.236. The molecular formula is C20H27N3O7S. The highest BCUT2D eigenvalue weighted by molar-refractivity contribution is 7.91. The third kappa shape index (κ3) is 3.78. The number of hydrogen-bond acceptors (Lipinski definition) is 8. The van der Waals surface area contributed by atoms with Gasteiger partial charge >= 0.3 is 10.2 Å². The number of anilines is 1. The zero-order chi connectivity index (χ0) is 22.2.